The number of nitrogens with one attached hydrogen (secondary N) is 1. The molecule has 1 aromatic heterocycles. The number of rotatable bonds is 6. The molecule has 4 aromatic rings. The van der Waals surface area contributed by atoms with Crippen LogP contribution in [0.25, 0.3) is 0 Å². The maximum atomic E-state index is 14.0. The van der Waals surface area contributed by atoms with Crippen LogP contribution in [0.2, 0.25) is 5.02 Å². The fourth-order valence-corrected chi connectivity index (χ4v) is 8.24. The largest absolute Gasteiger partial charge is 0.497 e. The van der Waals surface area contributed by atoms with Crippen molar-refractivity contribution in [3.63, 3.8) is 0 Å². The third-order valence-electron chi connectivity index (χ3n) is 7.21. The number of methoxy groups -OCH3 is 1. The smallest absolute Gasteiger partial charge is 0.308 e. The number of anilines is 2. The van der Waals surface area contributed by atoms with Gasteiger partial charge >= 0.3 is 4.87 Å². The average molecular weight is 606 g/mol. The SMILES string of the molecule is COc1ccc(N2C(=O)[C@H]3[C@H](c4ccc(Cl)cc4)c4sc(=O)n(CC(=O)Nc5cccc(C)c5)c4S[C@H]3C2=O)cc1. The van der Waals surface area contributed by atoms with Gasteiger partial charge in [-0.3, -0.25) is 23.7 Å². The van der Waals surface area contributed by atoms with Crippen LogP contribution in [0.4, 0.5) is 11.4 Å². The molecule has 3 atom stereocenters. The first-order chi connectivity index (χ1) is 19.7. The number of thioether (sulfide) groups is 1. The number of carbonyl (C=O) groups excluding carboxylic acids is 3. The molecule has 1 saturated heterocycles. The third-order valence-corrected chi connectivity index (χ3v) is 10.1. The van der Waals surface area contributed by atoms with E-state index < -0.39 is 17.1 Å². The zero-order valence-electron chi connectivity index (χ0n) is 22.0. The van der Waals surface area contributed by atoms with E-state index in [1.807, 2.05) is 37.3 Å². The number of thiazole rings is 1. The van der Waals surface area contributed by atoms with Gasteiger partial charge in [0.2, 0.25) is 17.7 Å². The molecule has 2 aliphatic rings. The minimum atomic E-state index is -0.780. The van der Waals surface area contributed by atoms with Crippen molar-refractivity contribution in [1.82, 2.24) is 4.57 Å². The molecule has 3 heterocycles. The summed E-state index contributed by atoms with van der Waals surface area (Å²) in [4.78, 5) is 55.6. The van der Waals surface area contributed by atoms with E-state index in [0.717, 1.165) is 22.5 Å². The van der Waals surface area contributed by atoms with Crippen molar-refractivity contribution in [1.29, 1.82) is 0 Å². The lowest BCUT2D eigenvalue weighted by molar-refractivity contribution is -0.122. The number of aromatic nitrogens is 1. The molecule has 0 spiro atoms. The molecule has 1 N–H and O–H groups in total. The van der Waals surface area contributed by atoms with Gasteiger partial charge in [-0.15, -0.1) is 0 Å². The van der Waals surface area contributed by atoms with E-state index in [0.29, 0.717) is 32.1 Å². The maximum Gasteiger partial charge on any atom is 0.308 e. The number of amides is 3. The van der Waals surface area contributed by atoms with E-state index >= 15 is 0 Å². The first-order valence-corrected chi connectivity index (χ1v) is 14.9. The Labute approximate surface area is 248 Å². The monoisotopic (exact) mass is 605 g/mol. The molecule has 0 bridgehead atoms. The fourth-order valence-electron chi connectivity index (χ4n) is 5.34. The lowest BCUT2D eigenvalue weighted by Crippen LogP contribution is -2.33. The van der Waals surface area contributed by atoms with E-state index in [-0.39, 0.29) is 29.1 Å². The number of imide groups is 1. The summed E-state index contributed by atoms with van der Waals surface area (Å²) in [5.41, 5.74) is 2.84. The minimum Gasteiger partial charge on any atom is -0.497 e. The highest BCUT2D eigenvalue weighted by atomic mass is 35.5. The molecule has 3 aromatic carbocycles. The lowest BCUT2D eigenvalue weighted by atomic mass is 9.83. The van der Waals surface area contributed by atoms with Gasteiger partial charge in [0.05, 0.1) is 23.7 Å². The van der Waals surface area contributed by atoms with Crippen LogP contribution in [0, 0.1) is 12.8 Å². The van der Waals surface area contributed by atoms with Gasteiger partial charge in [0.25, 0.3) is 0 Å². The Morgan fingerprint density at radius 1 is 1.00 bits per heavy atom. The molecule has 0 unspecified atom stereocenters. The van der Waals surface area contributed by atoms with Gasteiger partial charge in [0.15, 0.2) is 0 Å². The highest BCUT2D eigenvalue weighted by Crippen LogP contribution is 2.54. The van der Waals surface area contributed by atoms with Crippen LogP contribution in [-0.2, 0) is 20.9 Å². The summed E-state index contributed by atoms with van der Waals surface area (Å²) in [5, 5.41) is 3.12. The number of hydrogen-bond acceptors (Lipinski definition) is 7. The van der Waals surface area contributed by atoms with Crippen molar-refractivity contribution in [2.45, 2.75) is 29.7 Å². The molecular formula is C30H24ClN3O5S2. The van der Waals surface area contributed by atoms with E-state index in [2.05, 4.69) is 5.32 Å². The van der Waals surface area contributed by atoms with Gasteiger partial charge in [-0.05, 0) is 66.6 Å². The number of halogens is 1. The van der Waals surface area contributed by atoms with Crippen molar-refractivity contribution in [2.24, 2.45) is 5.92 Å². The van der Waals surface area contributed by atoms with E-state index in [1.165, 1.54) is 21.2 Å². The van der Waals surface area contributed by atoms with Crippen LogP contribution in [0.3, 0.4) is 0 Å². The highest BCUT2D eigenvalue weighted by molar-refractivity contribution is 8.00. The van der Waals surface area contributed by atoms with Gasteiger partial charge in [-0.1, -0.05) is 59.0 Å². The number of hydrogen-bond donors (Lipinski definition) is 1. The highest BCUT2D eigenvalue weighted by Gasteiger charge is 2.56. The summed E-state index contributed by atoms with van der Waals surface area (Å²) in [5.74, 6) is -1.77. The third kappa shape index (κ3) is 4.96. The van der Waals surface area contributed by atoms with Crippen molar-refractivity contribution in [3.05, 3.63) is 103 Å². The summed E-state index contributed by atoms with van der Waals surface area (Å²) in [6.45, 7) is 1.70. The number of fused-ring (bicyclic) bond motifs is 2. The van der Waals surface area contributed by atoms with Crippen LogP contribution in [0.5, 0.6) is 5.75 Å². The molecule has 11 heteroatoms. The van der Waals surface area contributed by atoms with Crippen molar-refractivity contribution in [3.8, 4) is 5.75 Å². The first kappa shape index (κ1) is 27.3. The first-order valence-electron chi connectivity index (χ1n) is 12.8. The van der Waals surface area contributed by atoms with E-state index in [4.69, 9.17) is 16.3 Å². The second kappa shape index (κ2) is 10.8. The fraction of sp³-hybridized carbons (Fsp3) is 0.200. The average Bonchev–Trinajstić information content (AvgIpc) is 3.40. The van der Waals surface area contributed by atoms with Gasteiger partial charge in [0.1, 0.15) is 17.5 Å². The second-order valence-electron chi connectivity index (χ2n) is 9.84. The van der Waals surface area contributed by atoms with Gasteiger partial charge < -0.3 is 10.1 Å². The zero-order chi connectivity index (χ0) is 28.8. The van der Waals surface area contributed by atoms with Crippen molar-refractivity contribution in [2.75, 3.05) is 17.3 Å². The molecule has 0 saturated carbocycles. The Balaban J connectivity index is 1.40. The summed E-state index contributed by atoms with van der Waals surface area (Å²) in [6.07, 6.45) is 0. The van der Waals surface area contributed by atoms with Crippen LogP contribution in [0.1, 0.15) is 21.9 Å². The Morgan fingerprint density at radius 2 is 1.73 bits per heavy atom. The standard InChI is InChI=1S/C30H24ClN3O5S2/c1-16-4-3-5-19(14-16)32-22(35)15-33-29-26(41-30(33)38)23(17-6-8-18(31)9-7-17)24-25(40-29)28(37)34(27(24)36)20-10-12-21(39-2)13-11-20/h3-14,23-25H,15H2,1-2H3,(H,32,35)/t23-,24-,25+/m0/s1. The number of nitrogens with zero attached hydrogens (tertiary/aromatic N) is 2. The van der Waals surface area contributed by atoms with Gasteiger partial charge in [0, 0.05) is 21.5 Å². The quantitative estimate of drug-likeness (QED) is 0.299. The van der Waals surface area contributed by atoms with Crippen LogP contribution < -0.4 is 19.8 Å². The summed E-state index contributed by atoms with van der Waals surface area (Å²) < 4.78 is 6.63. The summed E-state index contributed by atoms with van der Waals surface area (Å²) in [7, 11) is 1.54. The molecular weight excluding hydrogens is 582 g/mol. The zero-order valence-corrected chi connectivity index (χ0v) is 24.4. The predicted octanol–water partition coefficient (Wildman–Crippen LogP) is 5.31. The number of ether oxygens (including phenoxy) is 1. The molecule has 41 heavy (non-hydrogen) atoms. The van der Waals surface area contributed by atoms with Gasteiger partial charge in [-0.25, -0.2) is 4.90 Å². The van der Waals surface area contributed by atoms with E-state index in [1.54, 1.807) is 49.6 Å². The Bertz CT molecular complexity index is 1730. The lowest BCUT2D eigenvalue weighted by Gasteiger charge is -2.30. The number of aryl methyl sites for hydroxylation is 1. The molecule has 0 aliphatic carbocycles. The number of benzene rings is 3. The van der Waals surface area contributed by atoms with Crippen molar-refractivity contribution >= 4 is 63.8 Å². The molecule has 6 rings (SSSR count). The molecule has 2 aliphatic heterocycles. The minimum absolute atomic E-state index is 0.222. The van der Waals surface area contributed by atoms with Crippen LogP contribution >= 0.6 is 34.7 Å². The normalized spacial score (nSPS) is 19.6. The molecule has 208 valence electrons. The molecule has 0 radical (unpaired) electrons. The maximum absolute atomic E-state index is 14.0. The Morgan fingerprint density at radius 3 is 2.41 bits per heavy atom. The Kier molecular flexibility index (Phi) is 7.23. The van der Waals surface area contributed by atoms with Gasteiger partial charge in [-0.2, -0.15) is 0 Å². The second-order valence-corrected chi connectivity index (χ2v) is 12.4. The number of carbonyl (C=O) groups is 3. The van der Waals surface area contributed by atoms with Crippen LogP contribution in [0.15, 0.2) is 82.6 Å². The van der Waals surface area contributed by atoms with Crippen molar-refractivity contribution < 1.29 is 19.1 Å². The predicted molar refractivity (Wildman–Crippen MR) is 160 cm³/mol. The van der Waals surface area contributed by atoms with Crippen LogP contribution in [-0.4, -0.2) is 34.6 Å². The topological polar surface area (TPSA) is 97.7 Å². The molecule has 8 nitrogen and oxygen atoms in total. The molecule has 3 amide bonds. The summed E-state index contributed by atoms with van der Waals surface area (Å²) in [6, 6.07) is 21.2. The van der Waals surface area contributed by atoms with E-state index in [9.17, 15) is 19.2 Å². The Hall–Kier alpha value is -3.86. The molecule has 1 fully saturated rings. The summed E-state index contributed by atoms with van der Waals surface area (Å²) >= 11 is 8.34.